The Morgan fingerprint density at radius 1 is 1.24 bits per heavy atom. The third-order valence-electron chi connectivity index (χ3n) is 6.16. The summed E-state index contributed by atoms with van der Waals surface area (Å²) in [6.45, 7) is 13.5. The Balaban J connectivity index is 2.14. The summed E-state index contributed by atoms with van der Waals surface area (Å²) in [4.78, 5) is 26.8. The average Bonchev–Trinajstić information content (AvgIpc) is 2.68. The van der Waals surface area contributed by atoms with Crippen LogP contribution in [-0.4, -0.2) is 53.3 Å². The maximum atomic E-state index is 13.1. The van der Waals surface area contributed by atoms with Crippen molar-refractivity contribution >= 4 is 11.9 Å². The number of aliphatic hydroxyl groups excluding tert-OH is 1. The highest BCUT2D eigenvalue weighted by Crippen LogP contribution is 2.55. The van der Waals surface area contributed by atoms with Crippen molar-refractivity contribution in [1.82, 2.24) is 10.2 Å². The van der Waals surface area contributed by atoms with E-state index in [4.69, 9.17) is 4.74 Å². The van der Waals surface area contributed by atoms with E-state index in [-0.39, 0.29) is 29.9 Å². The van der Waals surface area contributed by atoms with Gasteiger partial charge in [-0.15, -0.1) is 0 Å². The highest BCUT2D eigenvalue weighted by Gasteiger charge is 2.60. The standard InChI is InChI=1S/C19H34N2O4/c1-7-8-25-10-14(22)9-21-15(23)19(20-16(21)24)11-17(3,4)13(2)18(5,6)12-19/h13-14,22H,7-12H2,1-6H3,(H,20,24). The van der Waals surface area contributed by atoms with Gasteiger partial charge in [-0.3, -0.25) is 9.69 Å². The maximum Gasteiger partial charge on any atom is 0.325 e. The Morgan fingerprint density at radius 3 is 2.32 bits per heavy atom. The first-order valence-electron chi connectivity index (χ1n) is 9.35. The van der Waals surface area contributed by atoms with Crippen molar-refractivity contribution in [3.05, 3.63) is 0 Å². The number of β-amino-alcohol motifs (C(OH)–C–C–N with tert-alkyl or cyclic N) is 1. The minimum atomic E-state index is -0.861. The third-order valence-corrected chi connectivity index (χ3v) is 6.16. The van der Waals surface area contributed by atoms with Crippen molar-refractivity contribution in [3.8, 4) is 0 Å². The third kappa shape index (κ3) is 3.85. The van der Waals surface area contributed by atoms with E-state index < -0.39 is 17.7 Å². The quantitative estimate of drug-likeness (QED) is 0.567. The lowest BCUT2D eigenvalue weighted by Gasteiger charge is -2.54. The molecule has 144 valence electrons. The lowest BCUT2D eigenvalue weighted by molar-refractivity contribution is -0.140. The number of carbonyl (C=O) groups excluding carboxylic acids is 2. The molecule has 0 aromatic rings. The number of imide groups is 1. The van der Waals surface area contributed by atoms with Gasteiger partial charge in [0.1, 0.15) is 5.54 Å². The van der Waals surface area contributed by atoms with E-state index in [9.17, 15) is 14.7 Å². The van der Waals surface area contributed by atoms with Gasteiger partial charge in [0.2, 0.25) is 0 Å². The molecule has 2 N–H and O–H groups in total. The van der Waals surface area contributed by atoms with Crippen LogP contribution < -0.4 is 5.32 Å². The Bertz CT molecular complexity index is 512. The summed E-state index contributed by atoms with van der Waals surface area (Å²) in [5.74, 6) is 0.220. The number of hydrogen-bond acceptors (Lipinski definition) is 4. The van der Waals surface area contributed by atoms with Crippen LogP contribution in [0.3, 0.4) is 0 Å². The van der Waals surface area contributed by atoms with Crippen LogP contribution in [0.25, 0.3) is 0 Å². The molecular formula is C19H34N2O4. The molecule has 2 fully saturated rings. The molecule has 1 saturated carbocycles. The van der Waals surface area contributed by atoms with E-state index in [0.29, 0.717) is 25.4 Å². The van der Waals surface area contributed by atoms with Gasteiger partial charge in [0.05, 0.1) is 19.3 Å². The average molecular weight is 354 g/mol. The van der Waals surface area contributed by atoms with Crippen molar-refractivity contribution in [2.45, 2.75) is 72.4 Å². The highest BCUT2D eigenvalue weighted by molar-refractivity contribution is 6.07. The number of carbonyl (C=O) groups is 2. The molecule has 0 bridgehead atoms. The molecule has 1 aliphatic carbocycles. The van der Waals surface area contributed by atoms with Crippen molar-refractivity contribution in [2.24, 2.45) is 16.7 Å². The predicted octanol–water partition coefficient (Wildman–Crippen LogP) is 2.55. The second kappa shape index (κ2) is 6.88. The van der Waals surface area contributed by atoms with Gasteiger partial charge in [-0.2, -0.15) is 0 Å². The monoisotopic (exact) mass is 354 g/mol. The maximum absolute atomic E-state index is 13.1. The van der Waals surface area contributed by atoms with Crippen LogP contribution in [-0.2, 0) is 9.53 Å². The molecule has 0 aromatic heterocycles. The summed E-state index contributed by atoms with van der Waals surface area (Å²) >= 11 is 0. The molecule has 1 aliphatic heterocycles. The zero-order valence-electron chi connectivity index (χ0n) is 16.5. The summed E-state index contributed by atoms with van der Waals surface area (Å²) in [6, 6.07) is -0.402. The summed E-state index contributed by atoms with van der Waals surface area (Å²) in [5.41, 5.74) is -0.992. The number of urea groups is 1. The van der Waals surface area contributed by atoms with Crippen molar-refractivity contribution < 1.29 is 19.4 Å². The van der Waals surface area contributed by atoms with E-state index in [1.54, 1.807) is 0 Å². The zero-order chi connectivity index (χ0) is 19.0. The first kappa shape index (κ1) is 20.2. The van der Waals surface area contributed by atoms with Crippen LogP contribution in [0.2, 0.25) is 0 Å². The van der Waals surface area contributed by atoms with Gasteiger partial charge in [-0.25, -0.2) is 4.79 Å². The van der Waals surface area contributed by atoms with Crippen LogP contribution in [0.15, 0.2) is 0 Å². The summed E-state index contributed by atoms with van der Waals surface area (Å²) in [7, 11) is 0. The number of hydrogen-bond donors (Lipinski definition) is 2. The Labute approximate surface area is 151 Å². The number of nitrogens with one attached hydrogen (secondary N) is 1. The van der Waals surface area contributed by atoms with Gasteiger partial charge in [0.15, 0.2) is 0 Å². The first-order chi connectivity index (χ1) is 11.4. The van der Waals surface area contributed by atoms with Gasteiger partial charge < -0.3 is 15.2 Å². The normalized spacial score (nSPS) is 26.1. The van der Waals surface area contributed by atoms with E-state index in [0.717, 1.165) is 6.42 Å². The molecule has 6 nitrogen and oxygen atoms in total. The topological polar surface area (TPSA) is 78.9 Å². The van der Waals surface area contributed by atoms with Crippen LogP contribution >= 0.6 is 0 Å². The van der Waals surface area contributed by atoms with Gasteiger partial charge in [0.25, 0.3) is 5.91 Å². The molecule has 1 unspecified atom stereocenters. The minimum Gasteiger partial charge on any atom is -0.389 e. The number of rotatable bonds is 6. The van der Waals surface area contributed by atoms with Gasteiger partial charge in [-0.05, 0) is 36.0 Å². The second-order valence-electron chi connectivity index (χ2n) is 9.21. The summed E-state index contributed by atoms with van der Waals surface area (Å²) in [5, 5.41) is 13.1. The molecule has 1 saturated heterocycles. The van der Waals surface area contributed by atoms with E-state index >= 15 is 0 Å². The van der Waals surface area contributed by atoms with Crippen molar-refractivity contribution in [1.29, 1.82) is 0 Å². The molecule has 3 amide bonds. The molecule has 6 heteroatoms. The van der Waals surface area contributed by atoms with Crippen LogP contribution in [0, 0.1) is 16.7 Å². The van der Waals surface area contributed by atoms with Crippen molar-refractivity contribution in [2.75, 3.05) is 19.8 Å². The largest absolute Gasteiger partial charge is 0.389 e. The van der Waals surface area contributed by atoms with E-state index in [1.165, 1.54) is 4.90 Å². The number of ether oxygens (including phenoxy) is 1. The number of nitrogens with zero attached hydrogens (tertiary/aromatic N) is 1. The fourth-order valence-corrected chi connectivity index (χ4v) is 4.69. The lowest BCUT2D eigenvalue weighted by Crippen LogP contribution is -2.59. The molecule has 0 radical (unpaired) electrons. The fraction of sp³-hybridized carbons (Fsp3) is 0.895. The van der Waals surface area contributed by atoms with Gasteiger partial charge >= 0.3 is 6.03 Å². The van der Waals surface area contributed by atoms with Crippen LogP contribution in [0.1, 0.15) is 60.8 Å². The highest BCUT2D eigenvalue weighted by atomic mass is 16.5. The number of aliphatic hydroxyl groups is 1. The van der Waals surface area contributed by atoms with Crippen LogP contribution in [0.4, 0.5) is 4.79 Å². The minimum absolute atomic E-state index is 0.0213. The van der Waals surface area contributed by atoms with Crippen molar-refractivity contribution in [3.63, 3.8) is 0 Å². The molecule has 1 spiro atoms. The Hall–Kier alpha value is -1.14. The molecular weight excluding hydrogens is 320 g/mol. The van der Waals surface area contributed by atoms with E-state index in [1.807, 2.05) is 6.92 Å². The summed E-state index contributed by atoms with van der Waals surface area (Å²) in [6.07, 6.45) is 1.24. The first-order valence-corrected chi connectivity index (χ1v) is 9.35. The SMILES string of the molecule is CCCOCC(O)CN1C(=O)NC2(CC(C)(C)C(C)C(C)(C)C2)C1=O. The zero-order valence-corrected chi connectivity index (χ0v) is 16.5. The molecule has 0 aromatic carbocycles. The Morgan fingerprint density at radius 2 is 1.80 bits per heavy atom. The van der Waals surface area contributed by atoms with Gasteiger partial charge in [-0.1, -0.05) is 41.5 Å². The second-order valence-corrected chi connectivity index (χ2v) is 9.21. The fourth-order valence-electron chi connectivity index (χ4n) is 4.69. The molecule has 25 heavy (non-hydrogen) atoms. The van der Waals surface area contributed by atoms with E-state index in [2.05, 4.69) is 39.9 Å². The summed E-state index contributed by atoms with van der Waals surface area (Å²) < 4.78 is 5.32. The predicted molar refractivity (Wildman–Crippen MR) is 96.1 cm³/mol. The smallest absolute Gasteiger partial charge is 0.325 e. The number of amides is 3. The molecule has 1 atom stereocenters. The van der Waals surface area contributed by atoms with Gasteiger partial charge in [0, 0.05) is 6.61 Å². The molecule has 2 aliphatic rings. The molecule has 2 rings (SSSR count). The van der Waals surface area contributed by atoms with Crippen LogP contribution in [0.5, 0.6) is 0 Å². The Kier molecular flexibility index (Phi) is 5.55. The molecule has 1 heterocycles. The lowest BCUT2D eigenvalue weighted by atomic mass is 9.52.